The Morgan fingerprint density at radius 1 is 1.09 bits per heavy atom. The highest BCUT2D eigenvalue weighted by Crippen LogP contribution is 2.31. The quantitative estimate of drug-likeness (QED) is 0.785. The molecule has 0 aromatic heterocycles. The molecule has 0 bridgehead atoms. The molecule has 0 heterocycles. The van der Waals surface area contributed by atoms with Gasteiger partial charge in [0.15, 0.2) is 0 Å². The van der Waals surface area contributed by atoms with Crippen LogP contribution in [0.5, 0.6) is 5.75 Å². The predicted octanol–water partition coefficient (Wildman–Crippen LogP) is 4.26. The van der Waals surface area contributed by atoms with Gasteiger partial charge >= 0.3 is 0 Å². The van der Waals surface area contributed by atoms with Crippen LogP contribution in [0.25, 0.3) is 0 Å². The molecule has 0 amide bonds. The summed E-state index contributed by atoms with van der Waals surface area (Å²) >= 11 is 0. The molecule has 2 rings (SSSR count). The second kappa shape index (κ2) is 8.34. The zero-order valence-electron chi connectivity index (χ0n) is 13.9. The van der Waals surface area contributed by atoms with Crippen LogP contribution in [0.4, 0.5) is 0 Å². The van der Waals surface area contributed by atoms with Crippen LogP contribution in [-0.4, -0.2) is 19.5 Å². The largest absolute Gasteiger partial charge is 0.544 e. The maximum Gasteiger partial charge on any atom is 0.242 e. The van der Waals surface area contributed by atoms with Crippen molar-refractivity contribution in [3.05, 3.63) is 29.8 Å². The summed E-state index contributed by atoms with van der Waals surface area (Å²) in [5.41, 5.74) is 7.26. The van der Waals surface area contributed by atoms with E-state index in [-0.39, 0.29) is 18.4 Å². The predicted molar refractivity (Wildman–Crippen MR) is 97.2 cm³/mol. The molecule has 0 unspecified atom stereocenters. The van der Waals surface area contributed by atoms with Gasteiger partial charge in [-0.1, -0.05) is 31.4 Å². The Kier molecular flexibility index (Phi) is 7.39. The first kappa shape index (κ1) is 19.5. The highest BCUT2D eigenvalue weighted by molar-refractivity contribution is 6.70. The number of hydrogen-bond donors (Lipinski definition) is 2. The van der Waals surface area contributed by atoms with Crippen LogP contribution in [0, 0.1) is 5.92 Å². The summed E-state index contributed by atoms with van der Waals surface area (Å²) in [5, 5.41) is 10.5. The van der Waals surface area contributed by atoms with E-state index < -0.39 is 14.4 Å². The number of halogens is 1. The second-order valence-corrected chi connectivity index (χ2v) is 11.6. The molecule has 0 spiro atoms. The van der Waals surface area contributed by atoms with Gasteiger partial charge in [0.2, 0.25) is 8.32 Å². The lowest BCUT2D eigenvalue weighted by Gasteiger charge is -2.30. The Hall–Kier alpha value is -0.553. The number of benzene rings is 1. The topological polar surface area (TPSA) is 55.5 Å². The van der Waals surface area contributed by atoms with Crippen LogP contribution >= 0.6 is 12.4 Å². The molecular formula is C17H30ClNO2Si. The van der Waals surface area contributed by atoms with Gasteiger partial charge < -0.3 is 15.3 Å². The molecule has 1 aromatic carbocycles. The molecule has 1 aliphatic carbocycles. The molecule has 0 radical (unpaired) electrons. The first-order valence-corrected chi connectivity index (χ1v) is 11.5. The number of hydrogen-bond acceptors (Lipinski definition) is 3. The van der Waals surface area contributed by atoms with Gasteiger partial charge in [0.1, 0.15) is 5.75 Å². The molecule has 2 atom stereocenters. The van der Waals surface area contributed by atoms with E-state index >= 15 is 0 Å². The lowest BCUT2D eigenvalue weighted by Crippen LogP contribution is -2.34. The summed E-state index contributed by atoms with van der Waals surface area (Å²) in [6.07, 6.45) is 5.50. The summed E-state index contributed by atoms with van der Waals surface area (Å²) < 4.78 is 5.95. The lowest BCUT2D eigenvalue weighted by atomic mass is 9.81. The summed E-state index contributed by atoms with van der Waals surface area (Å²) in [6, 6.07) is 7.63. The summed E-state index contributed by atoms with van der Waals surface area (Å²) in [5.74, 6) is 1.25. The van der Waals surface area contributed by atoms with E-state index in [0.29, 0.717) is 5.92 Å². The zero-order valence-corrected chi connectivity index (χ0v) is 15.7. The smallest absolute Gasteiger partial charge is 0.242 e. The molecule has 1 aromatic rings. The average molecular weight is 344 g/mol. The minimum absolute atomic E-state index is 0. The molecule has 22 heavy (non-hydrogen) atoms. The first-order chi connectivity index (χ1) is 9.87. The van der Waals surface area contributed by atoms with Gasteiger partial charge in [-0.2, -0.15) is 0 Å². The van der Waals surface area contributed by atoms with Gasteiger partial charge in [0.05, 0.1) is 12.1 Å². The third-order valence-electron chi connectivity index (χ3n) is 4.19. The maximum atomic E-state index is 10.5. The number of aliphatic hydroxyl groups is 1. The van der Waals surface area contributed by atoms with E-state index in [4.69, 9.17) is 10.2 Å². The minimum Gasteiger partial charge on any atom is -0.544 e. The fraction of sp³-hybridized carbons (Fsp3) is 0.647. The van der Waals surface area contributed by atoms with Crippen LogP contribution in [0.15, 0.2) is 24.3 Å². The molecule has 3 N–H and O–H groups in total. The fourth-order valence-electron chi connectivity index (χ4n) is 3.08. The van der Waals surface area contributed by atoms with Crippen molar-refractivity contribution in [2.75, 3.05) is 0 Å². The molecule has 1 saturated carbocycles. The Morgan fingerprint density at radius 2 is 1.64 bits per heavy atom. The van der Waals surface area contributed by atoms with Gasteiger partial charge in [-0.25, -0.2) is 0 Å². The number of nitrogens with two attached hydrogens (primary N) is 1. The number of rotatable bonds is 5. The number of aliphatic hydroxyl groups excluding tert-OH is 1. The summed E-state index contributed by atoms with van der Waals surface area (Å²) in [7, 11) is -1.57. The summed E-state index contributed by atoms with van der Waals surface area (Å²) in [6.45, 7) is 6.50. The van der Waals surface area contributed by atoms with Crippen molar-refractivity contribution in [3.8, 4) is 5.75 Å². The van der Waals surface area contributed by atoms with Gasteiger partial charge in [-0.05, 0) is 56.1 Å². The molecule has 3 nitrogen and oxygen atoms in total. The van der Waals surface area contributed by atoms with Crippen LogP contribution < -0.4 is 10.2 Å². The molecule has 126 valence electrons. The Balaban J connectivity index is 0.00000242. The van der Waals surface area contributed by atoms with Gasteiger partial charge in [-0.15, -0.1) is 12.4 Å². The zero-order chi connectivity index (χ0) is 15.5. The van der Waals surface area contributed by atoms with Crippen molar-refractivity contribution in [1.82, 2.24) is 0 Å². The van der Waals surface area contributed by atoms with Crippen LogP contribution in [0.3, 0.4) is 0 Å². The van der Waals surface area contributed by atoms with E-state index in [0.717, 1.165) is 24.2 Å². The van der Waals surface area contributed by atoms with Crippen LogP contribution in [-0.2, 0) is 0 Å². The Bertz CT molecular complexity index is 441. The van der Waals surface area contributed by atoms with E-state index in [1.807, 2.05) is 24.3 Å². The van der Waals surface area contributed by atoms with Gasteiger partial charge in [-0.3, -0.25) is 0 Å². The molecule has 1 aliphatic rings. The third-order valence-corrected chi connectivity index (χ3v) is 5.04. The highest BCUT2D eigenvalue weighted by atomic mass is 35.5. The van der Waals surface area contributed by atoms with Crippen LogP contribution in [0.1, 0.15) is 43.7 Å². The van der Waals surface area contributed by atoms with E-state index in [9.17, 15) is 5.11 Å². The molecular weight excluding hydrogens is 314 g/mol. The third kappa shape index (κ3) is 5.58. The van der Waals surface area contributed by atoms with Gasteiger partial charge in [0.25, 0.3) is 0 Å². The monoisotopic (exact) mass is 343 g/mol. The maximum absolute atomic E-state index is 10.5. The van der Waals surface area contributed by atoms with Crippen molar-refractivity contribution >= 4 is 20.7 Å². The highest BCUT2D eigenvalue weighted by Gasteiger charge is 2.27. The molecule has 0 aliphatic heterocycles. The van der Waals surface area contributed by atoms with Crippen molar-refractivity contribution in [2.24, 2.45) is 11.7 Å². The van der Waals surface area contributed by atoms with E-state index in [1.54, 1.807) is 0 Å². The Labute approximate surface area is 141 Å². The van der Waals surface area contributed by atoms with Crippen molar-refractivity contribution in [2.45, 2.75) is 63.9 Å². The Morgan fingerprint density at radius 3 is 2.14 bits per heavy atom. The second-order valence-electron chi connectivity index (χ2n) is 7.20. The molecule has 5 heteroatoms. The minimum atomic E-state index is -1.57. The van der Waals surface area contributed by atoms with E-state index in [2.05, 4.69) is 19.6 Å². The standard InChI is InChI=1S/C17H29NO2Si.ClH/c1-21(2,3)20-15-11-9-13(10-12-15)16(18)17(19)14-7-5-4-6-8-14;/h9-12,14,16-17,19H,4-8,18H2,1-3H3;1H/t16-,17+;/m0./s1. The van der Waals surface area contributed by atoms with Crippen molar-refractivity contribution < 1.29 is 9.53 Å². The normalized spacial score (nSPS) is 19.1. The molecule has 0 saturated heterocycles. The fourth-order valence-corrected chi connectivity index (χ4v) is 3.92. The first-order valence-electron chi connectivity index (χ1n) is 8.09. The summed E-state index contributed by atoms with van der Waals surface area (Å²) in [4.78, 5) is 0. The van der Waals surface area contributed by atoms with E-state index in [1.165, 1.54) is 19.3 Å². The SMILES string of the molecule is C[Si](C)(C)Oc1ccc([C@H](N)[C@H](O)C2CCCCC2)cc1.Cl. The van der Waals surface area contributed by atoms with Crippen molar-refractivity contribution in [3.63, 3.8) is 0 Å². The van der Waals surface area contributed by atoms with Crippen molar-refractivity contribution in [1.29, 1.82) is 0 Å². The van der Waals surface area contributed by atoms with Gasteiger partial charge in [0, 0.05) is 0 Å². The molecule has 1 fully saturated rings. The van der Waals surface area contributed by atoms with Crippen LogP contribution in [0.2, 0.25) is 19.6 Å². The lowest BCUT2D eigenvalue weighted by molar-refractivity contribution is 0.0618. The average Bonchev–Trinajstić information content (AvgIpc) is 2.46.